The fourth-order valence-electron chi connectivity index (χ4n) is 2.42. The molecule has 0 unspecified atom stereocenters. The zero-order valence-electron chi connectivity index (χ0n) is 13.3. The lowest BCUT2D eigenvalue weighted by Crippen LogP contribution is -2.11. The summed E-state index contributed by atoms with van der Waals surface area (Å²) in [5.41, 5.74) is 2.61. The van der Waals surface area contributed by atoms with Crippen molar-refractivity contribution >= 4 is 27.9 Å². The van der Waals surface area contributed by atoms with Gasteiger partial charge in [0.15, 0.2) is 10.4 Å². The van der Waals surface area contributed by atoms with Crippen molar-refractivity contribution in [2.45, 2.75) is 0 Å². The van der Waals surface area contributed by atoms with Crippen molar-refractivity contribution in [3.8, 4) is 22.8 Å². The number of anilines is 1. The summed E-state index contributed by atoms with van der Waals surface area (Å²) in [6.45, 7) is 0. The molecule has 1 amide bonds. The van der Waals surface area contributed by atoms with Gasteiger partial charge in [-0.3, -0.25) is 10.1 Å². The van der Waals surface area contributed by atoms with Crippen LogP contribution in [-0.2, 0) is 0 Å². The molecule has 2 aromatic heterocycles. The lowest BCUT2D eigenvalue weighted by atomic mass is 10.0. The SMILES string of the molecule is O=C(Nc1nnc(-c2ccc(Br)o2)o1)c1ccc(-c2ccccc2)cc1. The first kappa shape index (κ1) is 16.3. The zero-order chi connectivity index (χ0) is 17.9. The molecular weight excluding hydrogens is 398 g/mol. The van der Waals surface area contributed by atoms with Crippen LogP contribution in [0.15, 0.2) is 80.2 Å². The summed E-state index contributed by atoms with van der Waals surface area (Å²) in [6.07, 6.45) is 0. The molecule has 0 aliphatic heterocycles. The summed E-state index contributed by atoms with van der Waals surface area (Å²) in [4.78, 5) is 12.3. The van der Waals surface area contributed by atoms with Crippen LogP contribution < -0.4 is 5.32 Å². The van der Waals surface area contributed by atoms with Crippen LogP contribution in [0.4, 0.5) is 6.01 Å². The van der Waals surface area contributed by atoms with Gasteiger partial charge in [-0.05, 0) is 51.3 Å². The molecular formula is C19H12BrN3O3. The fourth-order valence-corrected chi connectivity index (χ4v) is 2.72. The number of nitrogens with one attached hydrogen (secondary N) is 1. The number of hydrogen-bond donors (Lipinski definition) is 1. The maximum absolute atomic E-state index is 12.3. The van der Waals surface area contributed by atoms with Crippen molar-refractivity contribution < 1.29 is 13.6 Å². The van der Waals surface area contributed by atoms with Gasteiger partial charge in [0.2, 0.25) is 0 Å². The van der Waals surface area contributed by atoms with Gasteiger partial charge in [-0.2, -0.15) is 0 Å². The van der Waals surface area contributed by atoms with E-state index in [1.54, 1.807) is 24.3 Å². The molecule has 7 heteroatoms. The molecule has 2 aromatic carbocycles. The second kappa shape index (κ2) is 6.97. The Kier molecular flexibility index (Phi) is 4.37. The van der Waals surface area contributed by atoms with Crippen LogP contribution in [0.1, 0.15) is 10.4 Å². The first-order valence-corrected chi connectivity index (χ1v) is 8.54. The summed E-state index contributed by atoms with van der Waals surface area (Å²) in [6, 6.07) is 20.6. The molecule has 0 spiro atoms. The number of furan rings is 1. The minimum atomic E-state index is -0.333. The molecule has 0 aliphatic rings. The third kappa shape index (κ3) is 3.43. The topological polar surface area (TPSA) is 81.2 Å². The van der Waals surface area contributed by atoms with Crippen LogP contribution in [0.3, 0.4) is 0 Å². The maximum Gasteiger partial charge on any atom is 0.322 e. The van der Waals surface area contributed by atoms with Crippen molar-refractivity contribution in [2.75, 3.05) is 5.32 Å². The molecule has 0 radical (unpaired) electrons. The Balaban J connectivity index is 1.47. The van der Waals surface area contributed by atoms with E-state index in [4.69, 9.17) is 8.83 Å². The Hall–Kier alpha value is -3.19. The van der Waals surface area contributed by atoms with E-state index in [2.05, 4.69) is 31.4 Å². The second-order valence-corrected chi connectivity index (χ2v) is 6.20. The maximum atomic E-state index is 12.3. The van der Waals surface area contributed by atoms with Crippen LogP contribution in [0, 0.1) is 0 Å². The van der Waals surface area contributed by atoms with Gasteiger partial charge in [-0.25, -0.2) is 0 Å². The van der Waals surface area contributed by atoms with E-state index in [0.717, 1.165) is 11.1 Å². The Morgan fingerprint density at radius 2 is 1.58 bits per heavy atom. The van der Waals surface area contributed by atoms with Crippen LogP contribution in [0.2, 0.25) is 0 Å². The van der Waals surface area contributed by atoms with Crippen molar-refractivity contribution in [3.05, 3.63) is 77.0 Å². The van der Waals surface area contributed by atoms with Crippen molar-refractivity contribution in [1.29, 1.82) is 0 Å². The van der Waals surface area contributed by atoms with Gasteiger partial charge < -0.3 is 8.83 Å². The minimum absolute atomic E-state index is 0.00431. The smallest absolute Gasteiger partial charge is 0.322 e. The molecule has 1 N–H and O–H groups in total. The molecule has 0 aliphatic carbocycles. The normalized spacial score (nSPS) is 10.7. The van der Waals surface area contributed by atoms with Gasteiger partial charge in [0.05, 0.1) is 0 Å². The predicted molar refractivity (Wildman–Crippen MR) is 99.5 cm³/mol. The van der Waals surface area contributed by atoms with Crippen molar-refractivity contribution in [2.24, 2.45) is 0 Å². The fraction of sp³-hybridized carbons (Fsp3) is 0. The summed E-state index contributed by atoms with van der Waals surface area (Å²) in [7, 11) is 0. The number of hydrogen-bond acceptors (Lipinski definition) is 5. The largest absolute Gasteiger partial charge is 0.444 e. The molecule has 128 valence electrons. The lowest BCUT2D eigenvalue weighted by molar-refractivity contribution is 0.102. The Morgan fingerprint density at radius 1 is 0.846 bits per heavy atom. The van der Waals surface area contributed by atoms with E-state index in [-0.39, 0.29) is 17.8 Å². The van der Waals surface area contributed by atoms with Gasteiger partial charge >= 0.3 is 6.01 Å². The van der Waals surface area contributed by atoms with Gasteiger partial charge in [0, 0.05) is 5.56 Å². The molecule has 26 heavy (non-hydrogen) atoms. The van der Waals surface area contributed by atoms with Crippen molar-refractivity contribution in [1.82, 2.24) is 10.2 Å². The van der Waals surface area contributed by atoms with Crippen molar-refractivity contribution in [3.63, 3.8) is 0 Å². The number of benzene rings is 2. The first-order valence-electron chi connectivity index (χ1n) is 7.75. The van der Waals surface area contributed by atoms with E-state index < -0.39 is 0 Å². The highest BCUT2D eigenvalue weighted by molar-refractivity contribution is 9.10. The van der Waals surface area contributed by atoms with Crippen LogP contribution in [-0.4, -0.2) is 16.1 Å². The van der Waals surface area contributed by atoms with E-state index in [0.29, 0.717) is 16.0 Å². The number of carbonyl (C=O) groups excluding carboxylic acids is 1. The molecule has 0 saturated heterocycles. The van der Waals surface area contributed by atoms with Gasteiger partial charge in [0.1, 0.15) is 0 Å². The van der Waals surface area contributed by atoms with Crippen LogP contribution in [0.25, 0.3) is 22.8 Å². The zero-order valence-corrected chi connectivity index (χ0v) is 14.9. The van der Waals surface area contributed by atoms with Gasteiger partial charge in [0.25, 0.3) is 11.8 Å². The number of halogens is 1. The lowest BCUT2D eigenvalue weighted by Gasteiger charge is -2.04. The molecule has 4 aromatic rings. The summed E-state index contributed by atoms with van der Waals surface area (Å²) in [5.74, 6) is 0.267. The number of amides is 1. The highest BCUT2D eigenvalue weighted by atomic mass is 79.9. The highest BCUT2D eigenvalue weighted by Crippen LogP contribution is 2.25. The standard InChI is InChI=1S/C19H12BrN3O3/c20-16-11-10-15(25-16)18-22-23-19(26-18)21-17(24)14-8-6-13(7-9-14)12-4-2-1-3-5-12/h1-11H,(H,21,23,24). The average molecular weight is 410 g/mol. The van der Waals surface area contributed by atoms with Gasteiger partial charge in [-0.1, -0.05) is 47.6 Å². The molecule has 6 nitrogen and oxygen atoms in total. The average Bonchev–Trinajstić information content (AvgIpc) is 3.31. The van der Waals surface area contributed by atoms with E-state index in [1.165, 1.54) is 0 Å². The second-order valence-electron chi connectivity index (χ2n) is 5.41. The first-order chi connectivity index (χ1) is 12.7. The molecule has 0 fully saturated rings. The molecule has 0 bridgehead atoms. The minimum Gasteiger partial charge on any atom is -0.444 e. The number of nitrogens with zero attached hydrogens (tertiary/aromatic N) is 2. The third-order valence-corrected chi connectivity index (χ3v) is 4.11. The summed E-state index contributed by atoms with van der Waals surface area (Å²) < 4.78 is 11.3. The van der Waals surface area contributed by atoms with Crippen LogP contribution >= 0.6 is 15.9 Å². The third-order valence-electron chi connectivity index (χ3n) is 3.68. The predicted octanol–water partition coefficient (Wildman–Crippen LogP) is 5.01. The molecule has 2 heterocycles. The summed E-state index contributed by atoms with van der Waals surface area (Å²) >= 11 is 3.20. The molecule has 0 saturated carbocycles. The molecule has 4 rings (SSSR count). The quantitative estimate of drug-likeness (QED) is 0.512. The summed E-state index contributed by atoms with van der Waals surface area (Å²) in [5, 5.41) is 10.2. The highest BCUT2D eigenvalue weighted by Gasteiger charge is 2.15. The monoisotopic (exact) mass is 409 g/mol. The Morgan fingerprint density at radius 3 is 2.27 bits per heavy atom. The molecule has 0 atom stereocenters. The number of carbonyl (C=O) groups is 1. The Labute approximate surface area is 157 Å². The van der Waals surface area contributed by atoms with Crippen LogP contribution in [0.5, 0.6) is 0 Å². The number of rotatable bonds is 4. The van der Waals surface area contributed by atoms with E-state index in [9.17, 15) is 4.79 Å². The Bertz CT molecular complexity index is 1040. The number of aromatic nitrogens is 2. The van der Waals surface area contributed by atoms with E-state index >= 15 is 0 Å². The van der Waals surface area contributed by atoms with Gasteiger partial charge in [-0.15, -0.1) is 5.10 Å². The van der Waals surface area contributed by atoms with E-state index in [1.807, 2.05) is 42.5 Å².